The number of aliphatic carboxylic acids is 1. The van der Waals surface area contributed by atoms with Crippen LogP contribution in [-0.4, -0.2) is 82.3 Å². The monoisotopic (exact) mass is 796 g/mol. The lowest BCUT2D eigenvalue weighted by Gasteiger charge is -2.26. The van der Waals surface area contributed by atoms with Gasteiger partial charge in [0.25, 0.3) is 0 Å². The van der Waals surface area contributed by atoms with E-state index in [0.29, 0.717) is 17.4 Å². The molecule has 0 aliphatic carbocycles. The quantitative estimate of drug-likeness (QED) is 0.0197. The number of carbonyl (C=O) groups excluding carboxylic acids is 3. The zero-order chi connectivity index (χ0) is 41.4. The van der Waals surface area contributed by atoms with Crippen LogP contribution in [0.5, 0.6) is 0 Å². The summed E-state index contributed by atoms with van der Waals surface area (Å²) in [7, 11) is 5.90. The van der Waals surface area contributed by atoms with E-state index in [2.05, 4.69) is 26.0 Å². The molecule has 0 aromatic carbocycles. The lowest BCUT2D eigenvalue weighted by Crippen LogP contribution is -2.44. The lowest BCUT2D eigenvalue weighted by atomic mass is 10.0. The first-order valence-electron chi connectivity index (χ1n) is 23.3. The fourth-order valence-electron chi connectivity index (χ4n) is 6.59. The highest BCUT2D eigenvalue weighted by Gasteiger charge is 2.21. The summed E-state index contributed by atoms with van der Waals surface area (Å²) in [5.74, 6) is -2.28. The molecule has 0 fully saturated rings. The average Bonchev–Trinajstić information content (AvgIpc) is 3.15. The van der Waals surface area contributed by atoms with Gasteiger partial charge in [0.2, 0.25) is 0 Å². The maximum absolute atomic E-state index is 12.7. The number of carbonyl (C=O) groups is 3. The second-order valence-corrected chi connectivity index (χ2v) is 17.1. The van der Waals surface area contributed by atoms with Crippen LogP contribution >= 0.6 is 0 Å². The molecule has 2 unspecified atom stereocenters. The van der Waals surface area contributed by atoms with Crippen molar-refractivity contribution in [3.8, 4) is 0 Å². The first kappa shape index (κ1) is 54.0. The van der Waals surface area contributed by atoms with Crippen molar-refractivity contribution < 1.29 is 42.9 Å². The fourth-order valence-corrected chi connectivity index (χ4v) is 6.59. The van der Waals surface area contributed by atoms with Crippen molar-refractivity contribution in [2.24, 2.45) is 0 Å². The summed E-state index contributed by atoms with van der Waals surface area (Å²) >= 11 is 0. The van der Waals surface area contributed by atoms with Gasteiger partial charge in [-0.25, -0.2) is 0 Å². The molecule has 0 spiro atoms. The molecule has 0 aromatic rings. The second-order valence-electron chi connectivity index (χ2n) is 17.1. The van der Waals surface area contributed by atoms with E-state index in [-0.39, 0.29) is 32.2 Å². The van der Waals surface area contributed by atoms with E-state index in [0.717, 1.165) is 44.9 Å². The molecule has 0 radical (unpaired) electrons. The molecule has 0 rings (SSSR count). The van der Waals surface area contributed by atoms with Gasteiger partial charge in [0, 0.05) is 12.8 Å². The largest absolute Gasteiger partial charge is 0.545 e. The van der Waals surface area contributed by atoms with Gasteiger partial charge < -0.3 is 33.3 Å². The summed E-state index contributed by atoms with van der Waals surface area (Å²) in [6.45, 7) is 4.69. The lowest BCUT2D eigenvalue weighted by molar-refractivity contribution is -0.870. The Morgan fingerprint density at radius 2 is 0.911 bits per heavy atom. The van der Waals surface area contributed by atoms with Crippen molar-refractivity contribution in [3.05, 3.63) is 12.2 Å². The predicted molar refractivity (Wildman–Crippen MR) is 228 cm³/mol. The molecule has 0 aliphatic heterocycles. The van der Waals surface area contributed by atoms with Gasteiger partial charge in [-0.05, 0) is 38.5 Å². The van der Waals surface area contributed by atoms with Crippen LogP contribution in [-0.2, 0) is 33.3 Å². The van der Waals surface area contributed by atoms with Crippen LogP contribution in [0.25, 0.3) is 0 Å². The van der Waals surface area contributed by atoms with Crippen molar-refractivity contribution in [1.82, 2.24) is 0 Å². The minimum atomic E-state index is -1.61. The summed E-state index contributed by atoms with van der Waals surface area (Å²) in [5, 5.41) is 11.6. The maximum Gasteiger partial charge on any atom is 0.306 e. The van der Waals surface area contributed by atoms with Gasteiger partial charge in [0.05, 0.1) is 40.3 Å². The van der Waals surface area contributed by atoms with Crippen LogP contribution < -0.4 is 5.11 Å². The Morgan fingerprint density at radius 3 is 1.32 bits per heavy atom. The van der Waals surface area contributed by atoms with Crippen molar-refractivity contribution in [2.45, 2.75) is 225 Å². The molecule has 0 aliphatic rings. The minimum Gasteiger partial charge on any atom is -0.545 e. The number of ether oxygens (including phenoxy) is 4. The van der Waals surface area contributed by atoms with Gasteiger partial charge in [-0.3, -0.25) is 9.59 Å². The van der Waals surface area contributed by atoms with Gasteiger partial charge in [0.15, 0.2) is 12.4 Å². The van der Waals surface area contributed by atoms with E-state index >= 15 is 0 Å². The summed E-state index contributed by atoms with van der Waals surface area (Å²) in [6.07, 6.45) is 38.6. The zero-order valence-electron chi connectivity index (χ0n) is 37.3. The SMILES string of the molecule is CCCCCCCCCC/C=C\CCCCCCCCCCCCCCCC(=O)OC(COC(=O)CCCCCCCC)COC(OCC[N+](C)(C)C)C(=O)[O-]. The van der Waals surface area contributed by atoms with Crippen LogP contribution in [0, 0.1) is 0 Å². The van der Waals surface area contributed by atoms with E-state index in [1.54, 1.807) is 0 Å². The standard InChI is InChI=1S/C47H89NO8/c1-6-8-10-12-14-15-16-17-18-19-20-21-22-23-24-25-26-27-28-29-30-31-32-34-36-38-45(50)56-43(41-54-44(49)37-35-33-13-11-9-7-2)42-55-47(46(51)52)53-40-39-48(3,4)5/h19-20,43,47H,6-18,21-42H2,1-5H3/b20-19-. The third-order valence-electron chi connectivity index (χ3n) is 10.3. The van der Waals surface area contributed by atoms with E-state index in [4.69, 9.17) is 18.9 Å². The Labute approximate surface area is 345 Å². The first-order valence-corrected chi connectivity index (χ1v) is 23.3. The fraction of sp³-hybridized carbons (Fsp3) is 0.894. The number of hydrogen-bond donors (Lipinski definition) is 0. The number of unbranched alkanes of at least 4 members (excludes halogenated alkanes) is 26. The number of rotatable bonds is 43. The molecular weight excluding hydrogens is 707 g/mol. The average molecular weight is 796 g/mol. The van der Waals surface area contributed by atoms with Crippen LogP contribution in [0.1, 0.15) is 213 Å². The molecule has 0 bridgehead atoms. The summed E-state index contributed by atoms with van der Waals surface area (Å²) in [4.78, 5) is 36.7. The molecule has 0 N–H and O–H groups in total. The number of carboxylic acid groups (broad SMARTS) is 1. The zero-order valence-corrected chi connectivity index (χ0v) is 37.3. The number of hydrogen-bond acceptors (Lipinski definition) is 8. The molecule has 330 valence electrons. The van der Waals surface area contributed by atoms with Gasteiger partial charge in [-0.15, -0.1) is 0 Å². The number of likely N-dealkylation sites (N-methyl/N-ethyl adjacent to an activating group) is 1. The normalized spacial score (nSPS) is 12.9. The number of carboxylic acids is 1. The topological polar surface area (TPSA) is 111 Å². The summed E-state index contributed by atoms with van der Waals surface area (Å²) in [5.41, 5.74) is 0. The molecule has 9 nitrogen and oxygen atoms in total. The Bertz CT molecular complexity index is 934. The molecule has 0 saturated heterocycles. The van der Waals surface area contributed by atoms with E-state index in [1.165, 1.54) is 141 Å². The number of esters is 2. The third kappa shape index (κ3) is 40.2. The van der Waals surface area contributed by atoms with Crippen LogP contribution in [0.4, 0.5) is 0 Å². The van der Waals surface area contributed by atoms with Gasteiger partial charge in [-0.1, -0.05) is 174 Å². The number of quaternary nitrogens is 1. The highest BCUT2D eigenvalue weighted by atomic mass is 16.7. The Balaban J connectivity index is 4.11. The van der Waals surface area contributed by atoms with Crippen molar-refractivity contribution >= 4 is 17.9 Å². The molecular formula is C47H89NO8. The summed E-state index contributed by atoms with van der Waals surface area (Å²) in [6, 6.07) is 0. The molecule has 0 heterocycles. The maximum atomic E-state index is 12.7. The van der Waals surface area contributed by atoms with E-state index < -0.39 is 24.3 Å². The van der Waals surface area contributed by atoms with Gasteiger partial charge in [0.1, 0.15) is 13.2 Å². The molecule has 0 saturated carbocycles. The van der Waals surface area contributed by atoms with Crippen LogP contribution in [0.15, 0.2) is 12.2 Å². The first-order chi connectivity index (χ1) is 27.1. The van der Waals surface area contributed by atoms with Crippen molar-refractivity contribution in [1.29, 1.82) is 0 Å². The highest BCUT2D eigenvalue weighted by molar-refractivity contribution is 5.70. The Kier molecular flexibility index (Phi) is 38.4. The smallest absolute Gasteiger partial charge is 0.306 e. The molecule has 2 atom stereocenters. The molecule has 0 amide bonds. The number of allylic oxidation sites excluding steroid dienone is 2. The van der Waals surface area contributed by atoms with Crippen molar-refractivity contribution in [3.63, 3.8) is 0 Å². The minimum absolute atomic E-state index is 0.151. The highest BCUT2D eigenvalue weighted by Crippen LogP contribution is 2.15. The predicted octanol–water partition coefficient (Wildman–Crippen LogP) is 10.9. The molecule has 56 heavy (non-hydrogen) atoms. The third-order valence-corrected chi connectivity index (χ3v) is 10.3. The van der Waals surface area contributed by atoms with Crippen molar-refractivity contribution in [2.75, 3.05) is 47.5 Å². The Hall–Kier alpha value is -1.97. The second kappa shape index (κ2) is 39.8. The van der Waals surface area contributed by atoms with Gasteiger partial charge >= 0.3 is 11.9 Å². The van der Waals surface area contributed by atoms with Crippen LogP contribution in [0.3, 0.4) is 0 Å². The molecule has 9 heteroatoms. The summed E-state index contributed by atoms with van der Waals surface area (Å²) < 4.78 is 22.4. The molecule has 0 aromatic heterocycles. The Morgan fingerprint density at radius 1 is 0.518 bits per heavy atom. The van der Waals surface area contributed by atoms with E-state index in [1.807, 2.05) is 21.1 Å². The number of nitrogens with zero attached hydrogens (tertiary/aromatic N) is 1. The van der Waals surface area contributed by atoms with Gasteiger partial charge in [-0.2, -0.15) is 0 Å². The van der Waals surface area contributed by atoms with Crippen LogP contribution in [0.2, 0.25) is 0 Å². The van der Waals surface area contributed by atoms with E-state index in [9.17, 15) is 19.5 Å².